The first-order valence-electron chi connectivity index (χ1n) is 6.66. The van der Waals surface area contributed by atoms with Crippen LogP contribution in [0.25, 0.3) is 6.08 Å². The quantitative estimate of drug-likeness (QED) is 0.682. The molecular weight excluding hydrogens is 338 g/mol. The molecule has 0 N–H and O–H groups in total. The largest absolute Gasteiger partial charge is 0.548 e. The van der Waals surface area contributed by atoms with Gasteiger partial charge in [0.15, 0.2) is 11.5 Å². The lowest BCUT2D eigenvalue weighted by molar-refractivity contribution is -0.305. The number of thioether (sulfide) groups is 1. The molecule has 0 atom stereocenters. The van der Waals surface area contributed by atoms with Crippen LogP contribution in [0.3, 0.4) is 0 Å². The van der Waals surface area contributed by atoms with E-state index in [1.807, 2.05) is 0 Å². The minimum absolute atomic E-state index is 0.0931. The molecule has 0 bridgehead atoms. The van der Waals surface area contributed by atoms with E-state index >= 15 is 0 Å². The molecule has 2 amide bonds. The van der Waals surface area contributed by atoms with Gasteiger partial charge < -0.3 is 24.1 Å². The molecule has 1 heterocycles. The van der Waals surface area contributed by atoms with Gasteiger partial charge in [0.05, 0.1) is 38.7 Å². The molecule has 1 aliphatic rings. The third-order valence-electron chi connectivity index (χ3n) is 3.15. The van der Waals surface area contributed by atoms with Crippen molar-refractivity contribution in [1.82, 2.24) is 4.90 Å². The molecule has 1 aliphatic heterocycles. The molecule has 0 radical (unpaired) electrons. The van der Waals surface area contributed by atoms with Crippen molar-refractivity contribution in [1.29, 1.82) is 0 Å². The van der Waals surface area contributed by atoms with Gasteiger partial charge in [0, 0.05) is 0 Å². The van der Waals surface area contributed by atoms with Crippen LogP contribution < -0.4 is 19.3 Å². The Labute approximate surface area is 142 Å². The maximum absolute atomic E-state index is 12.1. The third-order valence-corrected chi connectivity index (χ3v) is 4.05. The van der Waals surface area contributed by atoms with Crippen molar-refractivity contribution in [3.63, 3.8) is 0 Å². The Morgan fingerprint density at radius 3 is 2.21 bits per heavy atom. The molecule has 0 aromatic heterocycles. The molecule has 0 aliphatic carbocycles. The first-order valence-corrected chi connectivity index (χ1v) is 7.48. The summed E-state index contributed by atoms with van der Waals surface area (Å²) in [5.41, 5.74) is 0.531. The average molecular weight is 352 g/mol. The molecular formula is C15H14NO7S-. The van der Waals surface area contributed by atoms with E-state index in [1.165, 1.54) is 27.4 Å². The van der Waals surface area contributed by atoms with E-state index < -0.39 is 23.7 Å². The third kappa shape index (κ3) is 3.46. The number of ether oxygens (including phenoxy) is 3. The van der Waals surface area contributed by atoms with Gasteiger partial charge in [-0.3, -0.25) is 14.5 Å². The van der Waals surface area contributed by atoms with Crippen LogP contribution in [0.5, 0.6) is 17.2 Å². The molecule has 2 rings (SSSR count). The van der Waals surface area contributed by atoms with Gasteiger partial charge in [0.1, 0.15) is 0 Å². The second-order valence-corrected chi connectivity index (χ2v) is 5.59. The van der Waals surface area contributed by atoms with E-state index in [0.29, 0.717) is 39.5 Å². The number of aliphatic carboxylic acids is 1. The molecule has 1 fully saturated rings. The lowest BCUT2D eigenvalue weighted by Gasteiger charge is -2.13. The molecule has 128 valence electrons. The van der Waals surface area contributed by atoms with Crippen LogP contribution in [-0.2, 0) is 9.59 Å². The molecule has 0 spiro atoms. The van der Waals surface area contributed by atoms with Crippen molar-refractivity contribution in [3.05, 3.63) is 22.6 Å². The van der Waals surface area contributed by atoms with Crippen molar-refractivity contribution in [2.45, 2.75) is 0 Å². The molecule has 1 aromatic rings. The number of hydrogen-bond acceptors (Lipinski definition) is 8. The fourth-order valence-electron chi connectivity index (χ4n) is 2.10. The van der Waals surface area contributed by atoms with Gasteiger partial charge in [0.2, 0.25) is 5.75 Å². The number of amides is 2. The number of hydrogen-bond donors (Lipinski definition) is 0. The Hall–Kier alpha value is -2.68. The molecule has 8 nitrogen and oxygen atoms in total. The first-order chi connectivity index (χ1) is 11.4. The molecule has 1 aromatic carbocycles. The van der Waals surface area contributed by atoms with Gasteiger partial charge in [-0.25, -0.2) is 0 Å². The normalized spacial score (nSPS) is 15.8. The van der Waals surface area contributed by atoms with Crippen molar-refractivity contribution in [2.24, 2.45) is 0 Å². The van der Waals surface area contributed by atoms with Crippen LogP contribution in [-0.4, -0.2) is 49.9 Å². The average Bonchev–Trinajstić information content (AvgIpc) is 2.80. The van der Waals surface area contributed by atoms with Crippen molar-refractivity contribution in [2.75, 3.05) is 27.9 Å². The summed E-state index contributed by atoms with van der Waals surface area (Å²) in [6, 6.07) is 3.21. The van der Waals surface area contributed by atoms with E-state index in [0.717, 1.165) is 0 Å². The molecule has 0 saturated carbocycles. The predicted molar refractivity (Wildman–Crippen MR) is 83.8 cm³/mol. The molecule has 0 unspecified atom stereocenters. The fourth-order valence-corrected chi connectivity index (χ4v) is 2.94. The molecule has 24 heavy (non-hydrogen) atoms. The lowest BCUT2D eigenvalue weighted by atomic mass is 10.1. The number of carboxylic acids is 1. The Morgan fingerprint density at radius 1 is 1.17 bits per heavy atom. The second-order valence-electron chi connectivity index (χ2n) is 4.60. The highest BCUT2D eigenvalue weighted by Gasteiger charge is 2.35. The van der Waals surface area contributed by atoms with Gasteiger partial charge >= 0.3 is 0 Å². The Balaban J connectivity index is 2.39. The Bertz CT molecular complexity index is 704. The zero-order valence-electron chi connectivity index (χ0n) is 13.2. The van der Waals surface area contributed by atoms with Crippen LogP contribution in [0.2, 0.25) is 0 Å². The smallest absolute Gasteiger partial charge is 0.293 e. The maximum Gasteiger partial charge on any atom is 0.293 e. The standard InChI is InChI=1S/C15H15NO7S/c1-21-9-4-8(5-10(22-2)13(9)23-3)6-11-14(19)16(7-12(17)18)15(20)24-11/h4-6H,7H2,1-3H3,(H,17,18)/p-1/b11-6+. The Morgan fingerprint density at radius 2 is 1.75 bits per heavy atom. The van der Waals surface area contributed by atoms with Crippen LogP contribution in [0.4, 0.5) is 4.79 Å². The van der Waals surface area contributed by atoms with Crippen LogP contribution >= 0.6 is 11.8 Å². The number of imide groups is 1. The van der Waals surface area contributed by atoms with E-state index in [2.05, 4.69) is 0 Å². The number of methoxy groups -OCH3 is 3. The summed E-state index contributed by atoms with van der Waals surface area (Å²) in [5.74, 6) is -1.04. The SMILES string of the molecule is COc1cc(/C=C2/SC(=O)N(CC(=O)[O-])C2=O)cc(OC)c1OC. The summed E-state index contributed by atoms with van der Waals surface area (Å²) < 4.78 is 15.6. The summed E-state index contributed by atoms with van der Waals surface area (Å²) in [7, 11) is 4.37. The summed E-state index contributed by atoms with van der Waals surface area (Å²) in [6.45, 7) is -0.780. The lowest BCUT2D eigenvalue weighted by Crippen LogP contribution is -2.40. The zero-order chi connectivity index (χ0) is 17.9. The number of carbonyl (C=O) groups excluding carboxylic acids is 3. The van der Waals surface area contributed by atoms with E-state index in [-0.39, 0.29) is 4.91 Å². The van der Waals surface area contributed by atoms with E-state index in [4.69, 9.17) is 14.2 Å². The number of rotatable bonds is 6. The molecule has 1 saturated heterocycles. The van der Waals surface area contributed by atoms with Crippen LogP contribution in [0, 0.1) is 0 Å². The summed E-state index contributed by atoms with van der Waals surface area (Å²) in [5, 5.41) is 9.95. The van der Waals surface area contributed by atoms with Gasteiger partial charge in [-0.15, -0.1) is 0 Å². The van der Waals surface area contributed by atoms with E-state index in [9.17, 15) is 19.5 Å². The first kappa shape index (κ1) is 17.7. The highest BCUT2D eigenvalue weighted by molar-refractivity contribution is 8.18. The van der Waals surface area contributed by atoms with Gasteiger partial charge in [-0.05, 0) is 35.5 Å². The maximum atomic E-state index is 12.1. The van der Waals surface area contributed by atoms with Gasteiger partial charge in [-0.2, -0.15) is 0 Å². The topological polar surface area (TPSA) is 105 Å². The fraction of sp³-hybridized carbons (Fsp3) is 0.267. The van der Waals surface area contributed by atoms with E-state index in [1.54, 1.807) is 12.1 Å². The zero-order valence-corrected chi connectivity index (χ0v) is 14.0. The number of benzene rings is 1. The minimum Gasteiger partial charge on any atom is -0.548 e. The minimum atomic E-state index is -1.51. The Kier molecular flexibility index (Phi) is 5.35. The van der Waals surface area contributed by atoms with Gasteiger partial charge in [0.25, 0.3) is 11.1 Å². The number of nitrogens with zero attached hydrogens (tertiary/aromatic N) is 1. The van der Waals surface area contributed by atoms with Crippen molar-refractivity contribution < 1.29 is 33.7 Å². The summed E-state index contributed by atoms with van der Waals surface area (Å²) in [6.07, 6.45) is 1.45. The summed E-state index contributed by atoms with van der Waals surface area (Å²) in [4.78, 5) is 35.2. The summed E-state index contributed by atoms with van der Waals surface area (Å²) >= 11 is 0.650. The predicted octanol–water partition coefficient (Wildman–Crippen LogP) is 0.499. The van der Waals surface area contributed by atoms with Crippen LogP contribution in [0.1, 0.15) is 5.56 Å². The van der Waals surface area contributed by atoms with Crippen molar-refractivity contribution >= 4 is 35.0 Å². The number of carbonyl (C=O) groups is 3. The monoisotopic (exact) mass is 352 g/mol. The number of carboxylic acid groups (broad SMARTS) is 1. The highest BCUT2D eigenvalue weighted by Crippen LogP contribution is 2.40. The van der Waals surface area contributed by atoms with Gasteiger partial charge in [-0.1, -0.05) is 0 Å². The molecule has 9 heteroatoms. The second kappa shape index (κ2) is 7.26. The van der Waals surface area contributed by atoms with Crippen molar-refractivity contribution in [3.8, 4) is 17.2 Å². The van der Waals surface area contributed by atoms with Crippen LogP contribution in [0.15, 0.2) is 17.0 Å². The highest BCUT2D eigenvalue weighted by atomic mass is 32.2.